The molecule has 0 aromatic heterocycles. The molecule has 0 spiro atoms. The predicted molar refractivity (Wildman–Crippen MR) is 68.2 cm³/mol. The highest BCUT2D eigenvalue weighted by molar-refractivity contribution is 5.54. The lowest BCUT2D eigenvalue weighted by Gasteiger charge is -2.04. The van der Waals surface area contributed by atoms with Crippen LogP contribution in [-0.4, -0.2) is 13.2 Å². The summed E-state index contributed by atoms with van der Waals surface area (Å²) in [6, 6.07) is 10.4. The Hall–Kier alpha value is -1.34. The molecule has 0 radical (unpaired) electrons. The molecule has 84 valence electrons. The van der Waals surface area contributed by atoms with Crippen molar-refractivity contribution in [3.63, 3.8) is 0 Å². The summed E-state index contributed by atoms with van der Waals surface area (Å²) in [5.74, 6) is 0.472. The summed E-state index contributed by atoms with van der Waals surface area (Å²) in [7, 11) is 0. The van der Waals surface area contributed by atoms with Crippen LogP contribution < -0.4 is 0 Å². The number of rotatable bonds is 3. The minimum absolute atomic E-state index is 0.472. The molecule has 0 aliphatic carbocycles. The molecule has 1 aromatic rings. The van der Waals surface area contributed by atoms with Crippen LogP contribution in [0.15, 0.2) is 48.1 Å². The lowest BCUT2D eigenvalue weighted by molar-refractivity contribution is 0.195. The summed E-state index contributed by atoms with van der Waals surface area (Å²) in [5, 5.41) is 0. The first-order valence-corrected chi connectivity index (χ1v) is 5.90. The van der Waals surface area contributed by atoms with Crippen LogP contribution in [-0.2, 0) is 4.74 Å². The molecule has 1 fully saturated rings. The molecule has 0 N–H and O–H groups in total. The fraction of sp³-hybridized carbons (Fsp3) is 0.333. The number of benzene rings is 1. The lowest BCUT2D eigenvalue weighted by Crippen LogP contribution is -1.97. The molecule has 0 amide bonds. The zero-order chi connectivity index (χ0) is 11.2. The highest BCUT2D eigenvalue weighted by Crippen LogP contribution is 2.23. The summed E-state index contributed by atoms with van der Waals surface area (Å²) in [6.45, 7) is 3.76. The maximum absolute atomic E-state index is 5.52. The first-order valence-electron chi connectivity index (χ1n) is 5.90. The van der Waals surface area contributed by atoms with Crippen molar-refractivity contribution in [1.29, 1.82) is 0 Å². The molecule has 1 nitrogen and oxygen atoms in total. The monoisotopic (exact) mass is 214 g/mol. The van der Waals surface area contributed by atoms with Gasteiger partial charge in [0.05, 0.1) is 13.2 Å². The molecule has 0 unspecified atom stereocenters. The quantitative estimate of drug-likeness (QED) is 0.697. The van der Waals surface area contributed by atoms with Gasteiger partial charge in [-0.2, -0.15) is 0 Å². The average Bonchev–Trinajstić information content (AvgIpc) is 2.75. The standard InChI is InChI=1S/C15H18O/c1-2-3-9-14-11-16-12-15(14)10-13-7-5-4-6-8-13/h3-10,14H,2,11-12H2,1H3/b9-3+,15-10+/t14-/m1/s1. The minimum atomic E-state index is 0.472. The Morgan fingerprint density at radius 2 is 2.12 bits per heavy atom. The van der Waals surface area contributed by atoms with E-state index in [1.54, 1.807) is 0 Å². The molecule has 1 heterocycles. The first kappa shape index (κ1) is 11.2. The first-order chi connectivity index (χ1) is 7.90. The highest BCUT2D eigenvalue weighted by atomic mass is 16.5. The van der Waals surface area contributed by atoms with Gasteiger partial charge in [-0.3, -0.25) is 0 Å². The molecule has 1 aromatic carbocycles. The van der Waals surface area contributed by atoms with E-state index in [-0.39, 0.29) is 0 Å². The second-order valence-electron chi connectivity index (χ2n) is 4.09. The fourth-order valence-electron chi connectivity index (χ4n) is 1.91. The molecule has 0 bridgehead atoms. The number of hydrogen-bond donors (Lipinski definition) is 0. The van der Waals surface area contributed by atoms with Crippen LogP contribution >= 0.6 is 0 Å². The van der Waals surface area contributed by atoms with Crippen LogP contribution in [0.4, 0.5) is 0 Å². The van der Waals surface area contributed by atoms with Gasteiger partial charge in [0.2, 0.25) is 0 Å². The van der Waals surface area contributed by atoms with E-state index in [1.807, 2.05) is 6.07 Å². The van der Waals surface area contributed by atoms with Gasteiger partial charge < -0.3 is 4.74 Å². The van der Waals surface area contributed by atoms with Gasteiger partial charge in [-0.05, 0) is 17.6 Å². The zero-order valence-corrected chi connectivity index (χ0v) is 9.73. The summed E-state index contributed by atoms with van der Waals surface area (Å²) in [4.78, 5) is 0. The van der Waals surface area contributed by atoms with E-state index < -0.39 is 0 Å². The van der Waals surface area contributed by atoms with Crippen LogP contribution in [0.3, 0.4) is 0 Å². The molecular formula is C15H18O. The Kier molecular flexibility index (Phi) is 3.95. The third kappa shape index (κ3) is 2.83. The van der Waals surface area contributed by atoms with Gasteiger partial charge in [0.1, 0.15) is 0 Å². The van der Waals surface area contributed by atoms with Crippen LogP contribution in [0.5, 0.6) is 0 Å². The predicted octanol–water partition coefficient (Wildman–Crippen LogP) is 3.68. The van der Waals surface area contributed by atoms with Crippen molar-refractivity contribution in [2.45, 2.75) is 13.3 Å². The summed E-state index contributed by atoms with van der Waals surface area (Å²) < 4.78 is 5.52. The van der Waals surface area contributed by atoms with Crippen LogP contribution in [0.1, 0.15) is 18.9 Å². The minimum Gasteiger partial charge on any atom is -0.376 e. The van der Waals surface area contributed by atoms with Crippen molar-refractivity contribution in [3.05, 3.63) is 53.6 Å². The Morgan fingerprint density at radius 3 is 2.88 bits per heavy atom. The SMILES string of the molecule is CC/C=C/[C@@H]1COC/C1=C\c1ccccc1. The van der Waals surface area contributed by atoms with Gasteiger partial charge in [-0.25, -0.2) is 0 Å². The summed E-state index contributed by atoms with van der Waals surface area (Å²) >= 11 is 0. The van der Waals surface area contributed by atoms with Gasteiger partial charge in [0, 0.05) is 5.92 Å². The third-order valence-electron chi connectivity index (χ3n) is 2.80. The van der Waals surface area contributed by atoms with Gasteiger partial charge in [0.25, 0.3) is 0 Å². The largest absolute Gasteiger partial charge is 0.376 e. The Bertz CT molecular complexity index is 376. The number of allylic oxidation sites excluding steroid dienone is 1. The van der Waals surface area contributed by atoms with E-state index >= 15 is 0 Å². The Morgan fingerprint density at radius 1 is 1.31 bits per heavy atom. The molecule has 1 atom stereocenters. The second-order valence-corrected chi connectivity index (χ2v) is 4.09. The van der Waals surface area contributed by atoms with Gasteiger partial charge in [0.15, 0.2) is 0 Å². The maximum atomic E-state index is 5.52. The van der Waals surface area contributed by atoms with Crippen LogP contribution in [0.2, 0.25) is 0 Å². The molecule has 16 heavy (non-hydrogen) atoms. The molecular weight excluding hydrogens is 196 g/mol. The van der Waals surface area contributed by atoms with Gasteiger partial charge >= 0.3 is 0 Å². The van der Waals surface area contributed by atoms with Crippen molar-refractivity contribution in [1.82, 2.24) is 0 Å². The Balaban J connectivity index is 2.13. The van der Waals surface area contributed by atoms with Crippen molar-refractivity contribution in [3.8, 4) is 0 Å². The topological polar surface area (TPSA) is 9.23 Å². The fourth-order valence-corrected chi connectivity index (χ4v) is 1.91. The lowest BCUT2D eigenvalue weighted by atomic mass is 9.99. The number of ether oxygens (including phenoxy) is 1. The van der Waals surface area contributed by atoms with E-state index in [0.717, 1.165) is 19.6 Å². The van der Waals surface area contributed by atoms with E-state index in [1.165, 1.54) is 11.1 Å². The molecule has 0 saturated carbocycles. The highest BCUT2D eigenvalue weighted by Gasteiger charge is 2.18. The molecule has 2 rings (SSSR count). The molecule has 1 saturated heterocycles. The third-order valence-corrected chi connectivity index (χ3v) is 2.80. The normalized spacial score (nSPS) is 23.3. The number of hydrogen-bond acceptors (Lipinski definition) is 1. The smallest absolute Gasteiger partial charge is 0.0687 e. The Labute approximate surface area is 97.4 Å². The van der Waals surface area contributed by atoms with Crippen molar-refractivity contribution in [2.75, 3.05) is 13.2 Å². The van der Waals surface area contributed by atoms with Crippen molar-refractivity contribution >= 4 is 6.08 Å². The van der Waals surface area contributed by atoms with E-state index in [4.69, 9.17) is 4.74 Å². The summed E-state index contributed by atoms with van der Waals surface area (Å²) in [5.41, 5.74) is 2.65. The van der Waals surface area contributed by atoms with E-state index in [0.29, 0.717) is 5.92 Å². The van der Waals surface area contributed by atoms with E-state index in [9.17, 15) is 0 Å². The van der Waals surface area contributed by atoms with Crippen LogP contribution in [0, 0.1) is 5.92 Å². The van der Waals surface area contributed by atoms with Gasteiger partial charge in [-0.15, -0.1) is 0 Å². The van der Waals surface area contributed by atoms with Crippen molar-refractivity contribution < 1.29 is 4.74 Å². The van der Waals surface area contributed by atoms with Gasteiger partial charge in [-0.1, -0.05) is 55.5 Å². The molecule has 1 aliphatic rings. The van der Waals surface area contributed by atoms with E-state index in [2.05, 4.69) is 49.4 Å². The molecule has 1 aliphatic heterocycles. The van der Waals surface area contributed by atoms with Crippen molar-refractivity contribution in [2.24, 2.45) is 5.92 Å². The average molecular weight is 214 g/mol. The molecule has 1 heteroatoms. The maximum Gasteiger partial charge on any atom is 0.0687 e. The zero-order valence-electron chi connectivity index (χ0n) is 9.73. The van der Waals surface area contributed by atoms with Crippen LogP contribution in [0.25, 0.3) is 6.08 Å². The second kappa shape index (κ2) is 5.66. The summed E-state index contributed by atoms with van der Waals surface area (Å²) in [6.07, 6.45) is 7.83.